The first kappa shape index (κ1) is 20.8. The third-order valence-electron chi connectivity index (χ3n) is 4.18. The number of halogens is 1. The van der Waals surface area contributed by atoms with Crippen LogP contribution in [0, 0.1) is 5.82 Å². The second kappa shape index (κ2) is 8.62. The molecule has 2 aromatic carbocycles. The van der Waals surface area contributed by atoms with Crippen LogP contribution in [0.5, 0.6) is 5.75 Å². The number of rotatable bonds is 7. The summed E-state index contributed by atoms with van der Waals surface area (Å²) in [6, 6.07) is 13.3. The van der Waals surface area contributed by atoms with E-state index < -0.39 is 21.9 Å². The monoisotopic (exact) mass is 434 g/mol. The number of amides is 1. The first-order valence-corrected chi connectivity index (χ1v) is 11.0. The van der Waals surface area contributed by atoms with Crippen molar-refractivity contribution in [3.05, 3.63) is 76.9 Å². The molecule has 1 unspecified atom stereocenters. The van der Waals surface area contributed by atoms with Gasteiger partial charge in [-0.25, -0.2) is 12.8 Å². The van der Waals surface area contributed by atoms with Crippen LogP contribution in [0.1, 0.15) is 28.9 Å². The predicted octanol–water partition coefficient (Wildman–Crippen LogP) is 4.19. The van der Waals surface area contributed by atoms with Crippen LogP contribution in [0.3, 0.4) is 0 Å². The lowest BCUT2D eigenvalue weighted by atomic mass is 10.1. The third-order valence-corrected chi connectivity index (χ3v) is 6.96. The van der Waals surface area contributed by atoms with E-state index in [1.165, 1.54) is 49.6 Å². The van der Waals surface area contributed by atoms with Crippen molar-refractivity contribution >= 4 is 33.0 Å². The number of thiophene rings is 1. The van der Waals surface area contributed by atoms with E-state index in [2.05, 4.69) is 10.0 Å². The minimum absolute atomic E-state index is 0.132. The van der Waals surface area contributed by atoms with Crippen LogP contribution in [0.4, 0.5) is 10.1 Å². The van der Waals surface area contributed by atoms with Crippen molar-refractivity contribution in [2.45, 2.75) is 17.2 Å². The maximum Gasteiger partial charge on any atom is 0.271 e. The molecule has 1 atom stereocenters. The van der Waals surface area contributed by atoms with Crippen LogP contribution in [0.2, 0.25) is 0 Å². The Labute approximate surface area is 172 Å². The summed E-state index contributed by atoms with van der Waals surface area (Å²) < 4.78 is 45.9. The van der Waals surface area contributed by atoms with Gasteiger partial charge in [-0.2, -0.15) is 0 Å². The van der Waals surface area contributed by atoms with Gasteiger partial charge in [-0.1, -0.05) is 12.1 Å². The summed E-state index contributed by atoms with van der Waals surface area (Å²) in [6.45, 7) is 1.74. The highest BCUT2D eigenvalue weighted by Crippen LogP contribution is 2.23. The SMILES string of the molecule is COc1ccc(C(C)NC(=O)c2ccc(NS(=O)(=O)c3cccs3)cc2)cc1F. The van der Waals surface area contributed by atoms with Gasteiger partial charge < -0.3 is 10.1 Å². The van der Waals surface area contributed by atoms with Gasteiger partial charge in [-0.15, -0.1) is 11.3 Å². The summed E-state index contributed by atoms with van der Waals surface area (Å²) in [5.41, 5.74) is 1.29. The van der Waals surface area contributed by atoms with Gasteiger partial charge in [0.1, 0.15) is 4.21 Å². The number of nitrogens with one attached hydrogen (secondary N) is 2. The normalized spacial score (nSPS) is 12.2. The van der Waals surface area contributed by atoms with E-state index in [4.69, 9.17) is 4.74 Å². The zero-order valence-electron chi connectivity index (χ0n) is 15.7. The Kier molecular flexibility index (Phi) is 6.19. The number of hydrogen-bond donors (Lipinski definition) is 2. The van der Waals surface area contributed by atoms with Gasteiger partial charge >= 0.3 is 0 Å². The zero-order chi connectivity index (χ0) is 21.0. The molecule has 2 N–H and O–H groups in total. The molecule has 29 heavy (non-hydrogen) atoms. The second-order valence-corrected chi connectivity index (χ2v) is 9.06. The van der Waals surface area contributed by atoms with Crippen LogP contribution in [-0.2, 0) is 10.0 Å². The molecular formula is C20H19FN2O4S2. The number of methoxy groups -OCH3 is 1. The molecule has 3 aromatic rings. The summed E-state index contributed by atoms with van der Waals surface area (Å²) in [5.74, 6) is -0.734. The van der Waals surface area contributed by atoms with Crippen LogP contribution >= 0.6 is 11.3 Å². The number of benzene rings is 2. The van der Waals surface area contributed by atoms with Crippen molar-refractivity contribution in [1.29, 1.82) is 0 Å². The Morgan fingerprint density at radius 2 is 1.86 bits per heavy atom. The van der Waals surface area contributed by atoms with Gasteiger partial charge in [-0.05, 0) is 60.3 Å². The lowest BCUT2D eigenvalue weighted by Gasteiger charge is -2.15. The van der Waals surface area contributed by atoms with E-state index in [1.807, 2.05) is 0 Å². The van der Waals surface area contributed by atoms with Crippen LogP contribution in [0.15, 0.2) is 64.2 Å². The molecule has 3 rings (SSSR count). The van der Waals surface area contributed by atoms with E-state index in [0.717, 1.165) is 11.3 Å². The molecule has 0 aliphatic carbocycles. The highest BCUT2D eigenvalue weighted by molar-refractivity contribution is 7.94. The molecule has 0 radical (unpaired) electrons. The minimum atomic E-state index is -3.65. The third kappa shape index (κ3) is 4.93. The molecule has 9 heteroatoms. The van der Waals surface area contributed by atoms with Crippen molar-refractivity contribution in [3.8, 4) is 5.75 Å². The molecule has 1 heterocycles. The maximum atomic E-state index is 13.9. The molecular weight excluding hydrogens is 415 g/mol. The highest BCUT2D eigenvalue weighted by Gasteiger charge is 2.16. The average Bonchev–Trinajstić information content (AvgIpc) is 3.24. The summed E-state index contributed by atoms with van der Waals surface area (Å²) in [4.78, 5) is 12.5. The number of sulfonamides is 1. The molecule has 0 spiro atoms. The van der Waals surface area contributed by atoms with Gasteiger partial charge in [0, 0.05) is 11.3 Å². The number of carbonyl (C=O) groups excluding carboxylic acids is 1. The summed E-state index contributed by atoms with van der Waals surface area (Å²) in [6.07, 6.45) is 0. The predicted molar refractivity (Wildman–Crippen MR) is 110 cm³/mol. The van der Waals surface area contributed by atoms with E-state index >= 15 is 0 Å². The Hall–Kier alpha value is -2.91. The molecule has 6 nitrogen and oxygen atoms in total. The lowest BCUT2D eigenvalue weighted by molar-refractivity contribution is 0.0940. The topological polar surface area (TPSA) is 84.5 Å². The molecule has 1 aromatic heterocycles. The molecule has 1 amide bonds. The van der Waals surface area contributed by atoms with Crippen LogP contribution < -0.4 is 14.8 Å². The fourth-order valence-electron chi connectivity index (χ4n) is 2.63. The standard InChI is InChI=1S/C20H19FN2O4S2/c1-13(15-7-10-18(27-2)17(21)12-15)22-20(24)14-5-8-16(9-6-14)23-29(25,26)19-4-3-11-28-19/h3-13,23H,1-2H3,(H,22,24). The zero-order valence-corrected chi connectivity index (χ0v) is 17.3. The number of ether oxygens (including phenoxy) is 1. The summed E-state index contributed by atoms with van der Waals surface area (Å²) in [7, 11) is -2.26. The van der Waals surface area contributed by atoms with Crippen molar-refractivity contribution in [1.82, 2.24) is 5.32 Å². The Morgan fingerprint density at radius 1 is 1.14 bits per heavy atom. The van der Waals surface area contributed by atoms with Gasteiger partial charge in [-0.3, -0.25) is 9.52 Å². The summed E-state index contributed by atoms with van der Waals surface area (Å²) in [5, 5.41) is 4.46. The molecule has 0 saturated heterocycles. The fourth-order valence-corrected chi connectivity index (χ4v) is 4.68. The Morgan fingerprint density at radius 3 is 2.45 bits per heavy atom. The van der Waals surface area contributed by atoms with E-state index in [0.29, 0.717) is 16.8 Å². The quantitative estimate of drug-likeness (QED) is 0.584. The van der Waals surface area contributed by atoms with Gasteiger partial charge in [0.15, 0.2) is 11.6 Å². The van der Waals surface area contributed by atoms with Crippen molar-refractivity contribution in [2.75, 3.05) is 11.8 Å². The maximum absolute atomic E-state index is 13.9. The largest absolute Gasteiger partial charge is 0.494 e. The number of anilines is 1. The average molecular weight is 435 g/mol. The van der Waals surface area contributed by atoms with E-state index in [9.17, 15) is 17.6 Å². The minimum Gasteiger partial charge on any atom is -0.494 e. The lowest BCUT2D eigenvalue weighted by Crippen LogP contribution is -2.26. The molecule has 152 valence electrons. The molecule has 0 bridgehead atoms. The van der Waals surface area contributed by atoms with E-state index in [-0.39, 0.29) is 15.9 Å². The van der Waals surface area contributed by atoms with Crippen LogP contribution in [-0.4, -0.2) is 21.4 Å². The highest BCUT2D eigenvalue weighted by atomic mass is 32.2. The van der Waals surface area contributed by atoms with Crippen molar-refractivity contribution in [3.63, 3.8) is 0 Å². The van der Waals surface area contributed by atoms with Crippen LogP contribution in [0.25, 0.3) is 0 Å². The summed E-state index contributed by atoms with van der Waals surface area (Å²) >= 11 is 1.12. The first-order chi connectivity index (χ1) is 13.8. The van der Waals surface area contributed by atoms with Crippen molar-refractivity contribution < 1.29 is 22.3 Å². The number of hydrogen-bond acceptors (Lipinski definition) is 5. The van der Waals surface area contributed by atoms with Gasteiger partial charge in [0.25, 0.3) is 15.9 Å². The fraction of sp³-hybridized carbons (Fsp3) is 0.150. The molecule has 0 aliphatic rings. The Bertz CT molecular complexity index is 1100. The smallest absolute Gasteiger partial charge is 0.271 e. The second-order valence-electron chi connectivity index (χ2n) is 6.20. The van der Waals surface area contributed by atoms with Crippen molar-refractivity contribution in [2.24, 2.45) is 0 Å². The molecule has 0 saturated carbocycles. The number of carbonyl (C=O) groups is 1. The van der Waals surface area contributed by atoms with E-state index in [1.54, 1.807) is 24.4 Å². The van der Waals surface area contributed by atoms with Gasteiger partial charge in [0.2, 0.25) is 0 Å². The molecule has 0 fully saturated rings. The Balaban J connectivity index is 1.66. The molecule has 0 aliphatic heterocycles. The van der Waals surface area contributed by atoms with Gasteiger partial charge in [0.05, 0.1) is 13.2 Å². The first-order valence-electron chi connectivity index (χ1n) is 8.61.